The smallest absolute Gasteiger partial charge is 0.155 e. The number of nitrogens with two attached hydrogens (primary N) is 1. The molecular weight excluding hydrogens is 250 g/mol. The molecule has 1 aliphatic rings. The summed E-state index contributed by atoms with van der Waals surface area (Å²) in [5.74, 6) is 0.279. The van der Waals surface area contributed by atoms with E-state index in [0.29, 0.717) is 13.2 Å². The second-order valence-corrected chi connectivity index (χ2v) is 6.94. The van der Waals surface area contributed by atoms with Crippen LogP contribution in [0.2, 0.25) is 0 Å². The number of hydrogen-bond donors (Lipinski definition) is 1. The van der Waals surface area contributed by atoms with Crippen molar-refractivity contribution < 1.29 is 13.2 Å². The fourth-order valence-electron chi connectivity index (χ4n) is 2.21. The Kier molecular flexibility index (Phi) is 4.37. The third kappa shape index (κ3) is 3.80. The van der Waals surface area contributed by atoms with Gasteiger partial charge in [0.05, 0.1) is 18.1 Å². The van der Waals surface area contributed by atoms with Crippen LogP contribution >= 0.6 is 0 Å². The Bertz CT molecular complexity index is 466. The molecule has 0 aliphatic carbocycles. The van der Waals surface area contributed by atoms with E-state index in [9.17, 15) is 8.42 Å². The molecule has 2 rings (SSSR count). The van der Waals surface area contributed by atoms with E-state index in [1.807, 2.05) is 30.3 Å². The Hall–Kier alpha value is -0.910. The molecule has 0 bridgehead atoms. The van der Waals surface area contributed by atoms with Gasteiger partial charge in [-0.15, -0.1) is 0 Å². The maximum absolute atomic E-state index is 12.0. The third-order valence-electron chi connectivity index (χ3n) is 3.25. The van der Waals surface area contributed by atoms with Gasteiger partial charge in [0.25, 0.3) is 0 Å². The van der Waals surface area contributed by atoms with Crippen LogP contribution in [0.15, 0.2) is 30.3 Å². The van der Waals surface area contributed by atoms with Gasteiger partial charge in [-0.25, -0.2) is 8.42 Å². The molecule has 1 saturated heterocycles. The number of benzene rings is 1. The number of rotatable bonds is 5. The summed E-state index contributed by atoms with van der Waals surface area (Å²) >= 11 is 0. The molecule has 0 radical (unpaired) electrons. The number of ether oxygens (including phenoxy) is 1. The van der Waals surface area contributed by atoms with Gasteiger partial charge in [-0.05, 0) is 12.0 Å². The standard InChI is InChI=1S/C13H19NO3S/c14-13(12-6-7-17-8-12)10-18(15,16)9-11-4-2-1-3-5-11/h1-5,12-13H,6-10,14H2. The Morgan fingerprint density at radius 1 is 1.33 bits per heavy atom. The lowest BCUT2D eigenvalue weighted by molar-refractivity contribution is 0.182. The normalized spacial score (nSPS) is 21.9. The van der Waals surface area contributed by atoms with Crippen LogP contribution in [-0.2, 0) is 20.3 Å². The molecule has 0 amide bonds. The molecule has 5 heteroatoms. The molecule has 0 aromatic heterocycles. The van der Waals surface area contributed by atoms with Crippen LogP contribution in [0.5, 0.6) is 0 Å². The predicted octanol–water partition coefficient (Wildman–Crippen LogP) is 0.965. The lowest BCUT2D eigenvalue weighted by atomic mass is 10.0. The van der Waals surface area contributed by atoms with Gasteiger partial charge in [0.15, 0.2) is 9.84 Å². The van der Waals surface area contributed by atoms with Crippen LogP contribution in [-0.4, -0.2) is 33.4 Å². The molecular formula is C13H19NO3S. The Morgan fingerprint density at radius 2 is 2.06 bits per heavy atom. The maximum Gasteiger partial charge on any atom is 0.155 e. The summed E-state index contributed by atoms with van der Waals surface area (Å²) in [5, 5.41) is 0. The summed E-state index contributed by atoms with van der Waals surface area (Å²) in [6, 6.07) is 8.88. The van der Waals surface area contributed by atoms with Crippen molar-refractivity contribution >= 4 is 9.84 Å². The molecule has 1 aromatic carbocycles. The molecule has 18 heavy (non-hydrogen) atoms. The van der Waals surface area contributed by atoms with E-state index in [2.05, 4.69) is 0 Å². The Balaban J connectivity index is 1.94. The second kappa shape index (κ2) is 5.82. The van der Waals surface area contributed by atoms with Gasteiger partial charge in [-0.1, -0.05) is 30.3 Å². The predicted molar refractivity (Wildman–Crippen MR) is 70.8 cm³/mol. The summed E-state index contributed by atoms with van der Waals surface area (Å²) < 4.78 is 29.3. The summed E-state index contributed by atoms with van der Waals surface area (Å²) in [7, 11) is -3.15. The van der Waals surface area contributed by atoms with Crippen molar-refractivity contribution in [2.24, 2.45) is 11.7 Å². The van der Waals surface area contributed by atoms with Gasteiger partial charge in [0.2, 0.25) is 0 Å². The highest BCUT2D eigenvalue weighted by molar-refractivity contribution is 7.90. The van der Waals surface area contributed by atoms with Gasteiger partial charge in [0, 0.05) is 18.6 Å². The van der Waals surface area contributed by atoms with E-state index in [0.717, 1.165) is 12.0 Å². The van der Waals surface area contributed by atoms with Crippen LogP contribution in [0.25, 0.3) is 0 Å². The average molecular weight is 269 g/mol. The third-order valence-corrected chi connectivity index (χ3v) is 4.91. The van der Waals surface area contributed by atoms with Crippen molar-refractivity contribution in [3.8, 4) is 0 Å². The average Bonchev–Trinajstić information content (AvgIpc) is 2.82. The molecule has 1 fully saturated rings. The monoisotopic (exact) mass is 269 g/mol. The molecule has 2 N–H and O–H groups in total. The SMILES string of the molecule is NC(CS(=O)(=O)Cc1ccccc1)C1CCOC1. The molecule has 1 aliphatic heterocycles. The van der Waals surface area contributed by atoms with Crippen LogP contribution in [0.1, 0.15) is 12.0 Å². The van der Waals surface area contributed by atoms with Crippen molar-refractivity contribution in [1.29, 1.82) is 0 Å². The Morgan fingerprint density at radius 3 is 2.67 bits per heavy atom. The van der Waals surface area contributed by atoms with Gasteiger partial charge in [-0.3, -0.25) is 0 Å². The summed E-state index contributed by atoms with van der Waals surface area (Å²) in [5.41, 5.74) is 6.77. The van der Waals surface area contributed by atoms with E-state index in [4.69, 9.17) is 10.5 Å². The minimum Gasteiger partial charge on any atom is -0.381 e. The lowest BCUT2D eigenvalue weighted by Crippen LogP contribution is -2.37. The molecule has 1 aromatic rings. The summed E-state index contributed by atoms with van der Waals surface area (Å²) in [6.07, 6.45) is 0.863. The zero-order valence-electron chi connectivity index (χ0n) is 10.3. The first-order valence-electron chi connectivity index (χ1n) is 6.14. The van der Waals surface area contributed by atoms with Crippen LogP contribution < -0.4 is 5.73 Å². The molecule has 1 heterocycles. The fraction of sp³-hybridized carbons (Fsp3) is 0.538. The van der Waals surface area contributed by atoms with E-state index in [1.54, 1.807) is 0 Å². The molecule has 0 spiro atoms. The highest BCUT2D eigenvalue weighted by atomic mass is 32.2. The Labute approximate surface area is 108 Å². The summed E-state index contributed by atoms with van der Waals surface area (Å²) in [4.78, 5) is 0. The van der Waals surface area contributed by atoms with Crippen molar-refractivity contribution in [2.75, 3.05) is 19.0 Å². The molecule has 100 valence electrons. The van der Waals surface area contributed by atoms with Crippen molar-refractivity contribution in [1.82, 2.24) is 0 Å². The minimum atomic E-state index is -3.15. The lowest BCUT2D eigenvalue weighted by Gasteiger charge is -2.17. The summed E-state index contributed by atoms with van der Waals surface area (Å²) in [6.45, 7) is 1.28. The van der Waals surface area contributed by atoms with Crippen molar-refractivity contribution in [2.45, 2.75) is 18.2 Å². The number of hydrogen-bond acceptors (Lipinski definition) is 4. The van der Waals surface area contributed by atoms with Gasteiger partial charge >= 0.3 is 0 Å². The molecule has 2 atom stereocenters. The first kappa shape index (κ1) is 13.5. The van der Waals surface area contributed by atoms with E-state index in [1.165, 1.54) is 0 Å². The van der Waals surface area contributed by atoms with E-state index in [-0.39, 0.29) is 23.5 Å². The number of sulfone groups is 1. The quantitative estimate of drug-likeness (QED) is 0.864. The van der Waals surface area contributed by atoms with Gasteiger partial charge in [0.1, 0.15) is 0 Å². The van der Waals surface area contributed by atoms with Crippen LogP contribution in [0.4, 0.5) is 0 Å². The van der Waals surface area contributed by atoms with E-state index < -0.39 is 9.84 Å². The minimum absolute atomic E-state index is 0.0376. The largest absolute Gasteiger partial charge is 0.381 e. The highest BCUT2D eigenvalue weighted by Gasteiger charge is 2.27. The molecule has 2 unspecified atom stereocenters. The van der Waals surface area contributed by atoms with Crippen molar-refractivity contribution in [3.63, 3.8) is 0 Å². The van der Waals surface area contributed by atoms with Gasteiger partial charge in [-0.2, -0.15) is 0 Å². The molecule has 0 saturated carbocycles. The zero-order chi connectivity index (χ0) is 13.0. The van der Waals surface area contributed by atoms with Crippen LogP contribution in [0, 0.1) is 5.92 Å². The van der Waals surface area contributed by atoms with Crippen molar-refractivity contribution in [3.05, 3.63) is 35.9 Å². The molecule has 4 nitrogen and oxygen atoms in total. The topological polar surface area (TPSA) is 69.4 Å². The first-order chi connectivity index (χ1) is 8.57. The fourth-order valence-corrected chi connectivity index (χ4v) is 3.88. The second-order valence-electron chi connectivity index (χ2n) is 4.83. The van der Waals surface area contributed by atoms with Crippen LogP contribution in [0.3, 0.4) is 0 Å². The first-order valence-corrected chi connectivity index (χ1v) is 7.97. The van der Waals surface area contributed by atoms with Gasteiger partial charge < -0.3 is 10.5 Å². The zero-order valence-corrected chi connectivity index (χ0v) is 11.1. The highest BCUT2D eigenvalue weighted by Crippen LogP contribution is 2.17. The maximum atomic E-state index is 12.0. The van der Waals surface area contributed by atoms with E-state index >= 15 is 0 Å².